The molecule has 1 atom stereocenters. The van der Waals surface area contributed by atoms with Gasteiger partial charge in [-0.25, -0.2) is 4.39 Å². The molecule has 3 aliphatic rings. The molecule has 0 aromatic heterocycles. The summed E-state index contributed by atoms with van der Waals surface area (Å²) in [6.07, 6.45) is 3.29. The second-order valence-corrected chi connectivity index (χ2v) is 7.74. The summed E-state index contributed by atoms with van der Waals surface area (Å²) in [5, 5.41) is 0. The van der Waals surface area contributed by atoms with Gasteiger partial charge in [-0.2, -0.15) is 0 Å². The van der Waals surface area contributed by atoms with Gasteiger partial charge < -0.3 is 14.7 Å². The quantitative estimate of drug-likeness (QED) is 0.802. The number of halogens is 1. The molecule has 1 aliphatic carbocycles. The summed E-state index contributed by atoms with van der Waals surface area (Å²) in [6.45, 7) is 1.61. The van der Waals surface area contributed by atoms with E-state index in [9.17, 15) is 18.8 Å². The Morgan fingerprint density at radius 3 is 2.67 bits per heavy atom. The molecule has 144 valence electrons. The highest BCUT2D eigenvalue weighted by Crippen LogP contribution is 2.33. The number of nitrogens with zero attached hydrogens (tertiary/aromatic N) is 3. The Balaban J connectivity index is 1.44. The predicted octanol–water partition coefficient (Wildman–Crippen LogP) is 1.40. The molecule has 2 aliphatic heterocycles. The van der Waals surface area contributed by atoms with Crippen molar-refractivity contribution >= 4 is 17.7 Å². The average molecular weight is 373 g/mol. The highest BCUT2D eigenvalue weighted by Gasteiger charge is 2.41. The first-order chi connectivity index (χ1) is 13.0. The molecule has 27 heavy (non-hydrogen) atoms. The van der Waals surface area contributed by atoms with Gasteiger partial charge in [-0.3, -0.25) is 14.4 Å². The van der Waals surface area contributed by atoms with E-state index in [1.807, 2.05) is 0 Å². The molecule has 1 unspecified atom stereocenters. The molecule has 3 fully saturated rings. The Bertz CT molecular complexity index is 765. The Hall–Kier alpha value is -2.44. The number of hydrogen-bond donors (Lipinski definition) is 0. The first-order valence-corrected chi connectivity index (χ1v) is 9.62. The number of carbonyl (C=O) groups excluding carboxylic acids is 3. The van der Waals surface area contributed by atoms with Crippen molar-refractivity contribution in [3.63, 3.8) is 0 Å². The fraction of sp³-hybridized carbons (Fsp3) is 0.550. The molecule has 6 nitrogen and oxygen atoms in total. The van der Waals surface area contributed by atoms with Crippen molar-refractivity contribution in [3.8, 4) is 0 Å². The molecule has 1 saturated carbocycles. The van der Waals surface area contributed by atoms with Gasteiger partial charge in [0, 0.05) is 32.6 Å². The number of amides is 3. The maximum Gasteiger partial charge on any atom is 0.246 e. The summed E-state index contributed by atoms with van der Waals surface area (Å²) in [4.78, 5) is 42.9. The molecule has 0 spiro atoms. The highest BCUT2D eigenvalue weighted by atomic mass is 19.1. The molecule has 2 heterocycles. The number of rotatable bonds is 4. The first kappa shape index (κ1) is 17.9. The molecule has 3 amide bonds. The topological polar surface area (TPSA) is 60.9 Å². The Labute approximate surface area is 157 Å². The van der Waals surface area contributed by atoms with E-state index in [0.29, 0.717) is 44.0 Å². The second kappa shape index (κ2) is 7.29. The van der Waals surface area contributed by atoms with Crippen LogP contribution in [0.25, 0.3) is 0 Å². The second-order valence-electron chi connectivity index (χ2n) is 7.74. The number of fused-ring (bicyclic) bond motifs is 1. The van der Waals surface area contributed by atoms with Crippen LogP contribution in [0, 0.1) is 11.7 Å². The number of carbonyl (C=O) groups is 3. The minimum atomic E-state index is -0.529. The van der Waals surface area contributed by atoms with Crippen molar-refractivity contribution in [3.05, 3.63) is 35.6 Å². The van der Waals surface area contributed by atoms with Gasteiger partial charge in [-0.15, -0.1) is 0 Å². The van der Waals surface area contributed by atoms with Crippen LogP contribution >= 0.6 is 0 Å². The largest absolute Gasteiger partial charge is 0.341 e. The maximum atomic E-state index is 13.4. The summed E-state index contributed by atoms with van der Waals surface area (Å²) < 4.78 is 13.4. The molecule has 0 bridgehead atoms. The van der Waals surface area contributed by atoms with Gasteiger partial charge in [0.15, 0.2) is 0 Å². The van der Waals surface area contributed by atoms with Gasteiger partial charge >= 0.3 is 0 Å². The number of hydrogen-bond acceptors (Lipinski definition) is 3. The lowest BCUT2D eigenvalue weighted by Crippen LogP contribution is -2.59. The van der Waals surface area contributed by atoms with Crippen molar-refractivity contribution in [2.24, 2.45) is 5.92 Å². The molecule has 0 N–H and O–H groups in total. The van der Waals surface area contributed by atoms with E-state index < -0.39 is 6.04 Å². The van der Waals surface area contributed by atoms with Crippen LogP contribution < -0.4 is 0 Å². The molecule has 4 rings (SSSR count). The van der Waals surface area contributed by atoms with Crippen LogP contribution in [0.3, 0.4) is 0 Å². The zero-order valence-electron chi connectivity index (χ0n) is 15.3. The van der Waals surface area contributed by atoms with Crippen LogP contribution in [-0.4, -0.2) is 64.6 Å². The number of benzene rings is 1. The summed E-state index contributed by atoms with van der Waals surface area (Å²) >= 11 is 0. The van der Waals surface area contributed by atoms with Gasteiger partial charge in [0.05, 0.1) is 0 Å². The summed E-state index contributed by atoms with van der Waals surface area (Å²) in [5.41, 5.74) is 0.666. The van der Waals surface area contributed by atoms with E-state index in [4.69, 9.17) is 0 Å². The summed E-state index contributed by atoms with van der Waals surface area (Å²) in [6, 6.07) is 5.56. The van der Waals surface area contributed by atoms with Gasteiger partial charge in [0.1, 0.15) is 18.4 Å². The Morgan fingerprint density at radius 1 is 1.11 bits per heavy atom. The fourth-order valence-corrected chi connectivity index (χ4v) is 3.97. The first-order valence-electron chi connectivity index (χ1n) is 9.62. The average Bonchev–Trinajstić information content (AvgIpc) is 3.45. The van der Waals surface area contributed by atoms with Crippen LogP contribution in [0.1, 0.15) is 31.2 Å². The van der Waals surface area contributed by atoms with Gasteiger partial charge in [0.25, 0.3) is 0 Å². The monoisotopic (exact) mass is 373 g/mol. The van der Waals surface area contributed by atoms with E-state index in [1.165, 1.54) is 17.0 Å². The zero-order chi connectivity index (χ0) is 19.0. The van der Waals surface area contributed by atoms with Crippen LogP contribution in [0.15, 0.2) is 24.3 Å². The highest BCUT2D eigenvalue weighted by molar-refractivity contribution is 5.95. The van der Waals surface area contributed by atoms with E-state index in [-0.39, 0.29) is 36.6 Å². The van der Waals surface area contributed by atoms with Crippen LogP contribution in [0.2, 0.25) is 0 Å². The standard InChI is InChI=1S/C20H24FN3O3/c21-16-3-1-2-15(10-16)12-23-13-19(26)24-9-8-22(7-6-17(24)20(23)27)18(25)11-14-4-5-14/h1-3,10,14,17H,4-9,11-13H2. The zero-order valence-corrected chi connectivity index (χ0v) is 15.3. The van der Waals surface area contributed by atoms with Crippen molar-refractivity contribution in [2.75, 3.05) is 26.2 Å². The third-order valence-corrected chi connectivity index (χ3v) is 5.68. The lowest BCUT2D eigenvalue weighted by molar-refractivity contribution is -0.156. The van der Waals surface area contributed by atoms with Crippen molar-refractivity contribution in [1.29, 1.82) is 0 Å². The molecule has 1 aromatic rings. The van der Waals surface area contributed by atoms with E-state index in [0.717, 1.165) is 12.8 Å². The van der Waals surface area contributed by atoms with E-state index >= 15 is 0 Å². The molecule has 1 aromatic carbocycles. The normalized spacial score (nSPS) is 23.3. The Morgan fingerprint density at radius 2 is 1.93 bits per heavy atom. The third kappa shape index (κ3) is 3.96. The van der Waals surface area contributed by atoms with Gasteiger partial charge in [0.2, 0.25) is 17.7 Å². The van der Waals surface area contributed by atoms with Crippen molar-refractivity contribution in [1.82, 2.24) is 14.7 Å². The summed E-state index contributed by atoms with van der Waals surface area (Å²) in [5.74, 6) is 0.0780. The lowest BCUT2D eigenvalue weighted by atomic mass is 10.1. The predicted molar refractivity (Wildman–Crippen MR) is 95.9 cm³/mol. The number of piperazine rings is 1. The van der Waals surface area contributed by atoms with Crippen molar-refractivity contribution < 1.29 is 18.8 Å². The molecule has 7 heteroatoms. The SMILES string of the molecule is O=C(CC1CC1)N1CCC2C(=O)N(Cc3cccc(F)c3)CC(=O)N2CC1. The molecule has 0 radical (unpaired) electrons. The van der Waals surface area contributed by atoms with E-state index in [2.05, 4.69) is 0 Å². The van der Waals surface area contributed by atoms with Gasteiger partial charge in [-0.1, -0.05) is 12.1 Å². The molecular weight excluding hydrogens is 349 g/mol. The summed E-state index contributed by atoms with van der Waals surface area (Å²) in [7, 11) is 0. The van der Waals surface area contributed by atoms with Gasteiger partial charge in [-0.05, 0) is 42.9 Å². The minimum absolute atomic E-state index is 0.00185. The Kier molecular flexibility index (Phi) is 4.85. The smallest absolute Gasteiger partial charge is 0.246 e. The van der Waals surface area contributed by atoms with Crippen LogP contribution in [0.4, 0.5) is 4.39 Å². The molecule has 2 saturated heterocycles. The van der Waals surface area contributed by atoms with Crippen LogP contribution in [0.5, 0.6) is 0 Å². The van der Waals surface area contributed by atoms with Crippen LogP contribution in [-0.2, 0) is 20.9 Å². The maximum absolute atomic E-state index is 13.4. The van der Waals surface area contributed by atoms with E-state index in [1.54, 1.807) is 21.9 Å². The minimum Gasteiger partial charge on any atom is -0.341 e. The van der Waals surface area contributed by atoms with Crippen molar-refractivity contribution in [2.45, 2.75) is 38.3 Å². The molecular formula is C20H24FN3O3. The lowest BCUT2D eigenvalue weighted by Gasteiger charge is -2.39. The fourth-order valence-electron chi connectivity index (χ4n) is 3.97. The third-order valence-electron chi connectivity index (χ3n) is 5.68.